The molecular formula is C8H9F2N3O. The van der Waals surface area contributed by atoms with E-state index in [4.69, 9.17) is 0 Å². The fraction of sp³-hybridized carbons (Fsp3) is 0.500. The molecule has 0 amide bonds. The molecule has 1 aliphatic rings. The molecule has 1 fully saturated rings. The van der Waals surface area contributed by atoms with E-state index in [9.17, 15) is 13.6 Å². The second-order valence-electron chi connectivity index (χ2n) is 3.17. The maximum absolute atomic E-state index is 12.2. The summed E-state index contributed by atoms with van der Waals surface area (Å²) < 4.78 is 25.7. The molecule has 14 heavy (non-hydrogen) atoms. The van der Waals surface area contributed by atoms with E-state index in [0.29, 0.717) is 13.1 Å². The summed E-state index contributed by atoms with van der Waals surface area (Å²) in [6.45, 7) is 1.38. The van der Waals surface area contributed by atoms with Gasteiger partial charge in [-0.25, -0.2) is 13.8 Å². The van der Waals surface area contributed by atoms with Gasteiger partial charge >= 0.3 is 0 Å². The lowest BCUT2D eigenvalue weighted by Gasteiger charge is -2.28. The summed E-state index contributed by atoms with van der Waals surface area (Å²) in [5, 5.41) is 2.99. The van der Waals surface area contributed by atoms with Gasteiger partial charge in [-0.3, -0.25) is 9.36 Å². The van der Waals surface area contributed by atoms with Gasteiger partial charge in [0.05, 0.1) is 12.4 Å². The second kappa shape index (κ2) is 3.45. The van der Waals surface area contributed by atoms with Crippen LogP contribution in [0.4, 0.5) is 8.78 Å². The summed E-state index contributed by atoms with van der Waals surface area (Å²) in [4.78, 5) is 14.9. The Labute approximate surface area is 78.6 Å². The molecule has 1 N–H and O–H groups in total. The number of aromatic nitrogens is 2. The molecule has 0 atom stereocenters. The minimum atomic E-state index is -2.68. The first-order valence-corrected chi connectivity index (χ1v) is 4.25. The lowest BCUT2D eigenvalue weighted by molar-refractivity contribution is 0.145. The highest BCUT2D eigenvalue weighted by atomic mass is 19.3. The molecular weight excluding hydrogens is 192 g/mol. The monoisotopic (exact) mass is 201 g/mol. The van der Waals surface area contributed by atoms with Crippen molar-refractivity contribution in [1.82, 2.24) is 14.9 Å². The third kappa shape index (κ3) is 1.52. The molecule has 1 aromatic heterocycles. The van der Waals surface area contributed by atoms with E-state index < -0.39 is 17.7 Å². The van der Waals surface area contributed by atoms with Crippen LogP contribution in [-0.4, -0.2) is 22.6 Å². The van der Waals surface area contributed by atoms with E-state index in [-0.39, 0.29) is 6.04 Å². The molecule has 0 unspecified atom stereocenters. The van der Waals surface area contributed by atoms with Gasteiger partial charge in [-0.05, 0) is 0 Å². The summed E-state index contributed by atoms with van der Waals surface area (Å²) in [5.41, 5.74) is -0.875. The van der Waals surface area contributed by atoms with Gasteiger partial charge in [-0.2, -0.15) is 0 Å². The molecule has 2 rings (SSSR count). The molecule has 1 aliphatic heterocycles. The van der Waals surface area contributed by atoms with Crippen molar-refractivity contribution in [2.45, 2.75) is 12.5 Å². The quantitative estimate of drug-likeness (QED) is 0.749. The van der Waals surface area contributed by atoms with Crippen LogP contribution in [0.15, 0.2) is 17.2 Å². The number of rotatable bonds is 2. The molecule has 0 radical (unpaired) electrons. The number of halogens is 2. The summed E-state index contributed by atoms with van der Waals surface area (Å²) in [7, 11) is 0. The molecule has 0 aromatic carbocycles. The van der Waals surface area contributed by atoms with Gasteiger partial charge in [0.25, 0.3) is 12.0 Å². The van der Waals surface area contributed by atoms with Crippen molar-refractivity contribution in [3.8, 4) is 0 Å². The largest absolute Gasteiger partial charge is 0.313 e. The van der Waals surface area contributed by atoms with Gasteiger partial charge in [0.1, 0.15) is 5.69 Å². The zero-order valence-electron chi connectivity index (χ0n) is 7.28. The van der Waals surface area contributed by atoms with Crippen LogP contribution in [0.25, 0.3) is 0 Å². The molecule has 76 valence electrons. The number of alkyl halides is 2. The van der Waals surface area contributed by atoms with Crippen LogP contribution in [0.3, 0.4) is 0 Å². The Bertz CT molecular complexity index is 386. The molecule has 0 bridgehead atoms. The van der Waals surface area contributed by atoms with Crippen LogP contribution in [0, 0.1) is 0 Å². The number of hydrogen-bond acceptors (Lipinski definition) is 3. The van der Waals surface area contributed by atoms with Gasteiger partial charge in [-0.15, -0.1) is 0 Å². The highest BCUT2D eigenvalue weighted by Gasteiger charge is 2.20. The van der Waals surface area contributed by atoms with Crippen molar-refractivity contribution < 1.29 is 8.78 Å². The summed E-state index contributed by atoms with van der Waals surface area (Å²) >= 11 is 0. The van der Waals surface area contributed by atoms with Crippen LogP contribution >= 0.6 is 0 Å². The van der Waals surface area contributed by atoms with Crippen molar-refractivity contribution in [3.63, 3.8) is 0 Å². The summed E-state index contributed by atoms with van der Waals surface area (Å²) in [6.07, 6.45) is -1.49. The highest BCUT2D eigenvalue weighted by Crippen LogP contribution is 2.14. The van der Waals surface area contributed by atoms with Gasteiger partial charge < -0.3 is 5.32 Å². The SMILES string of the molecule is O=c1cc(C(F)F)ncn1C1CNC1. The molecule has 4 nitrogen and oxygen atoms in total. The molecule has 0 aliphatic carbocycles. The van der Waals surface area contributed by atoms with Crippen molar-refractivity contribution in [2.24, 2.45) is 0 Å². The average molecular weight is 201 g/mol. The van der Waals surface area contributed by atoms with Gasteiger partial charge in [0.15, 0.2) is 0 Å². The van der Waals surface area contributed by atoms with E-state index in [0.717, 1.165) is 6.07 Å². The van der Waals surface area contributed by atoms with Crippen molar-refractivity contribution >= 4 is 0 Å². The maximum Gasteiger partial charge on any atom is 0.280 e. The van der Waals surface area contributed by atoms with Gasteiger partial charge in [-0.1, -0.05) is 0 Å². The van der Waals surface area contributed by atoms with Crippen LogP contribution in [0.2, 0.25) is 0 Å². The first kappa shape index (κ1) is 9.26. The number of nitrogens with one attached hydrogen (secondary N) is 1. The smallest absolute Gasteiger partial charge is 0.280 e. The fourth-order valence-corrected chi connectivity index (χ4v) is 1.29. The minimum Gasteiger partial charge on any atom is -0.313 e. The van der Waals surface area contributed by atoms with Crippen molar-refractivity contribution in [3.05, 3.63) is 28.4 Å². The zero-order chi connectivity index (χ0) is 10.1. The topological polar surface area (TPSA) is 46.9 Å². The Hall–Kier alpha value is -1.30. The van der Waals surface area contributed by atoms with E-state index in [1.807, 2.05) is 0 Å². The summed E-state index contributed by atoms with van der Waals surface area (Å²) in [6, 6.07) is 0.949. The maximum atomic E-state index is 12.2. The number of nitrogens with zero attached hydrogens (tertiary/aromatic N) is 2. The standard InChI is InChI=1S/C8H9F2N3O/c9-8(10)6-1-7(14)13(4-12-6)5-2-11-3-5/h1,4-5,8,11H,2-3H2. The average Bonchev–Trinajstić information content (AvgIpc) is 2.04. The van der Waals surface area contributed by atoms with Crippen LogP contribution in [-0.2, 0) is 0 Å². The normalized spacial score (nSPS) is 17.1. The molecule has 2 heterocycles. The van der Waals surface area contributed by atoms with Crippen LogP contribution in [0.5, 0.6) is 0 Å². The first-order valence-electron chi connectivity index (χ1n) is 4.25. The third-order valence-electron chi connectivity index (χ3n) is 2.23. The Kier molecular flexibility index (Phi) is 2.28. The first-order chi connectivity index (χ1) is 6.68. The zero-order valence-corrected chi connectivity index (χ0v) is 7.28. The van der Waals surface area contributed by atoms with Crippen LogP contribution < -0.4 is 10.9 Å². The Morgan fingerprint density at radius 3 is 2.71 bits per heavy atom. The lowest BCUT2D eigenvalue weighted by atomic mass is 10.2. The van der Waals surface area contributed by atoms with Gasteiger partial charge in [0.2, 0.25) is 0 Å². The van der Waals surface area contributed by atoms with E-state index in [2.05, 4.69) is 10.3 Å². The van der Waals surface area contributed by atoms with E-state index in [1.165, 1.54) is 10.9 Å². The second-order valence-corrected chi connectivity index (χ2v) is 3.17. The van der Waals surface area contributed by atoms with Crippen molar-refractivity contribution in [2.75, 3.05) is 13.1 Å². The predicted molar refractivity (Wildman–Crippen MR) is 45.4 cm³/mol. The van der Waals surface area contributed by atoms with E-state index in [1.54, 1.807) is 0 Å². The molecule has 1 aromatic rings. The van der Waals surface area contributed by atoms with Gasteiger partial charge in [0, 0.05) is 19.2 Å². The highest BCUT2D eigenvalue weighted by molar-refractivity contribution is 5.02. The lowest BCUT2D eigenvalue weighted by Crippen LogP contribution is -2.46. The fourth-order valence-electron chi connectivity index (χ4n) is 1.29. The van der Waals surface area contributed by atoms with Crippen LogP contribution in [0.1, 0.15) is 18.2 Å². The Morgan fingerprint density at radius 1 is 1.57 bits per heavy atom. The molecule has 0 spiro atoms. The number of hydrogen-bond donors (Lipinski definition) is 1. The Balaban J connectivity index is 2.31. The molecule has 1 saturated heterocycles. The third-order valence-corrected chi connectivity index (χ3v) is 2.23. The summed E-state index contributed by atoms with van der Waals surface area (Å²) in [5.74, 6) is 0. The Morgan fingerprint density at radius 2 is 2.29 bits per heavy atom. The molecule has 0 saturated carbocycles. The van der Waals surface area contributed by atoms with E-state index >= 15 is 0 Å². The minimum absolute atomic E-state index is 0.0572. The van der Waals surface area contributed by atoms with Crippen molar-refractivity contribution in [1.29, 1.82) is 0 Å². The molecule has 6 heteroatoms. The predicted octanol–water partition coefficient (Wildman–Crippen LogP) is 0.325.